The Kier molecular flexibility index (Phi) is 19.3. The van der Waals surface area contributed by atoms with Gasteiger partial charge in [0.25, 0.3) is 0 Å². The summed E-state index contributed by atoms with van der Waals surface area (Å²) in [6.07, 6.45) is 3.08. The zero-order valence-corrected chi connectivity index (χ0v) is 13.2. The van der Waals surface area contributed by atoms with Crippen molar-refractivity contribution in [2.24, 2.45) is 11.8 Å². The molecule has 0 N–H and O–H groups in total. The van der Waals surface area contributed by atoms with E-state index < -0.39 is 0 Å². The van der Waals surface area contributed by atoms with Crippen LogP contribution in [0.25, 0.3) is 0 Å². The van der Waals surface area contributed by atoms with Gasteiger partial charge < -0.3 is 10.2 Å². The first kappa shape index (κ1) is 22.6. The third kappa shape index (κ3) is 31.5. The maximum absolute atomic E-state index is 10.4. The first-order valence-corrected chi connectivity index (χ1v) is 6.57. The van der Waals surface area contributed by atoms with Gasteiger partial charge in [0, 0.05) is 0 Å². The molecular weight excluding hydrogens is 264 g/mol. The van der Waals surface area contributed by atoms with Gasteiger partial charge in [0.1, 0.15) is 0 Å². The average molecular weight is 294 g/mol. The molecule has 0 saturated carbocycles. The number of rotatable bonds is 6. The molecule has 2 atom stereocenters. The molecule has 2 unspecified atom stereocenters. The zero-order chi connectivity index (χ0) is 13.1. The largest absolute Gasteiger partial charge is 2.00 e. The van der Waals surface area contributed by atoms with E-state index in [0.717, 1.165) is 25.7 Å². The van der Waals surface area contributed by atoms with Crippen LogP contribution in [-0.2, 0) is 17.1 Å². The summed E-state index contributed by atoms with van der Waals surface area (Å²) in [4.78, 5) is 0. The fraction of sp³-hybridized carbons (Fsp3) is 1.00. The van der Waals surface area contributed by atoms with Crippen molar-refractivity contribution in [3.63, 3.8) is 0 Å². The standard InChI is InChI=1S/2C7H15O.Cu/c2*1-6(2)4-5-7(3)8;/h2*6-7H,4-5H2,1-3H3;/q2*-1;+2. The van der Waals surface area contributed by atoms with E-state index in [2.05, 4.69) is 27.7 Å². The fourth-order valence-electron chi connectivity index (χ4n) is 1.14. The SMILES string of the molecule is CC(C)CCC(C)[O-].CC(C)CCC(C)[O-].[Cu+2]. The molecule has 0 rings (SSSR count). The predicted octanol–water partition coefficient (Wildman–Crippen LogP) is 2.34. The molecule has 0 aromatic heterocycles. The van der Waals surface area contributed by atoms with Crippen molar-refractivity contribution in [1.82, 2.24) is 0 Å². The molecule has 0 aromatic rings. The van der Waals surface area contributed by atoms with Gasteiger partial charge in [0.05, 0.1) is 0 Å². The molecule has 2 nitrogen and oxygen atoms in total. The van der Waals surface area contributed by atoms with Crippen LogP contribution in [0.2, 0.25) is 0 Å². The summed E-state index contributed by atoms with van der Waals surface area (Å²) in [6.45, 7) is 12.0. The first-order chi connectivity index (χ1) is 7.25. The van der Waals surface area contributed by atoms with Crippen LogP contribution in [0, 0.1) is 11.8 Å². The second-order valence-corrected chi connectivity index (χ2v) is 5.56. The molecule has 0 amide bonds. The van der Waals surface area contributed by atoms with Gasteiger partial charge in [-0.2, -0.15) is 0 Å². The first-order valence-electron chi connectivity index (χ1n) is 6.57. The van der Waals surface area contributed by atoms with Crippen LogP contribution in [0.15, 0.2) is 0 Å². The normalized spacial score (nSPS) is 13.8. The molecule has 17 heavy (non-hydrogen) atoms. The van der Waals surface area contributed by atoms with Crippen LogP contribution in [0.1, 0.15) is 67.2 Å². The Morgan fingerprint density at radius 1 is 0.588 bits per heavy atom. The van der Waals surface area contributed by atoms with Gasteiger partial charge >= 0.3 is 17.1 Å². The van der Waals surface area contributed by atoms with E-state index >= 15 is 0 Å². The second kappa shape index (κ2) is 14.5. The summed E-state index contributed by atoms with van der Waals surface area (Å²) in [5.41, 5.74) is 0. The Morgan fingerprint density at radius 3 is 0.882 bits per heavy atom. The van der Waals surface area contributed by atoms with E-state index in [1.807, 2.05) is 0 Å². The van der Waals surface area contributed by atoms with Crippen LogP contribution in [0.4, 0.5) is 0 Å². The zero-order valence-electron chi connectivity index (χ0n) is 12.3. The third-order valence-corrected chi connectivity index (χ3v) is 2.30. The van der Waals surface area contributed by atoms with Crippen LogP contribution in [0.3, 0.4) is 0 Å². The maximum Gasteiger partial charge on any atom is 2.00 e. The van der Waals surface area contributed by atoms with E-state index in [9.17, 15) is 10.2 Å². The molecule has 0 spiro atoms. The van der Waals surface area contributed by atoms with Crippen molar-refractivity contribution >= 4 is 0 Å². The number of hydrogen-bond donors (Lipinski definition) is 0. The molecule has 0 saturated heterocycles. The van der Waals surface area contributed by atoms with Gasteiger partial charge in [-0.3, -0.25) is 0 Å². The summed E-state index contributed by atoms with van der Waals surface area (Å²) < 4.78 is 0. The molecule has 0 aromatic carbocycles. The summed E-state index contributed by atoms with van der Waals surface area (Å²) in [5, 5.41) is 20.9. The quantitative estimate of drug-likeness (QED) is 0.706. The van der Waals surface area contributed by atoms with Crippen molar-refractivity contribution in [3.05, 3.63) is 0 Å². The topological polar surface area (TPSA) is 46.1 Å². The molecule has 0 aliphatic rings. The molecule has 1 radical (unpaired) electrons. The molecule has 0 fully saturated rings. The minimum Gasteiger partial charge on any atom is -0.852 e. The maximum atomic E-state index is 10.4. The van der Waals surface area contributed by atoms with Gasteiger partial charge in [-0.25, -0.2) is 0 Å². The van der Waals surface area contributed by atoms with Crippen LogP contribution in [0.5, 0.6) is 0 Å². The van der Waals surface area contributed by atoms with Gasteiger partial charge in [-0.05, 0) is 11.8 Å². The Labute approximate surface area is 119 Å². The van der Waals surface area contributed by atoms with E-state index in [0.29, 0.717) is 11.8 Å². The summed E-state index contributed by atoms with van der Waals surface area (Å²) >= 11 is 0. The van der Waals surface area contributed by atoms with Crippen LogP contribution >= 0.6 is 0 Å². The van der Waals surface area contributed by atoms with Gasteiger partial charge in [-0.15, -0.1) is 12.2 Å². The molecule has 3 heteroatoms. The third-order valence-electron chi connectivity index (χ3n) is 2.30. The van der Waals surface area contributed by atoms with Gasteiger partial charge in [0.15, 0.2) is 0 Å². The van der Waals surface area contributed by atoms with Crippen molar-refractivity contribution in [3.8, 4) is 0 Å². The summed E-state index contributed by atoms with van der Waals surface area (Å²) in [6, 6.07) is 0. The van der Waals surface area contributed by atoms with Gasteiger partial charge in [-0.1, -0.05) is 67.2 Å². The van der Waals surface area contributed by atoms with Crippen molar-refractivity contribution < 1.29 is 27.3 Å². The predicted molar refractivity (Wildman–Crippen MR) is 67.1 cm³/mol. The van der Waals surface area contributed by atoms with Crippen molar-refractivity contribution in [2.75, 3.05) is 0 Å². The van der Waals surface area contributed by atoms with E-state index in [1.165, 1.54) is 0 Å². The van der Waals surface area contributed by atoms with Crippen LogP contribution in [-0.4, -0.2) is 12.2 Å². The minimum atomic E-state index is -0.364. The molecular formula is C14H30CuO2. The molecule has 0 bridgehead atoms. The Morgan fingerprint density at radius 2 is 0.824 bits per heavy atom. The van der Waals surface area contributed by atoms with E-state index in [4.69, 9.17) is 0 Å². The Balaban J connectivity index is -0.000000218. The monoisotopic (exact) mass is 293 g/mol. The smallest absolute Gasteiger partial charge is 0.852 e. The fourth-order valence-corrected chi connectivity index (χ4v) is 1.14. The van der Waals surface area contributed by atoms with Crippen LogP contribution < -0.4 is 10.2 Å². The Hall–Kier alpha value is 0.439. The van der Waals surface area contributed by atoms with Crippen molar-refractivity contribution in [2.45, 2.75) is 79.4 Å². The summed E-state index contributed by atoms with van der Waals surface area (Å²) in [7, 11) is 0. The molecule has 0 aliphatic carbocycles. The number of hydrogen-bond acceptors (Lipinski definition) is 2. The molecule has 0 heterocycles. The average Bonchev–Trinajstić information content (AvgIpc) is 2.12. The molecule has 109 valence electrons. The Bertz CT molecular complexity index is 102. The van der Waals surface area contributed by atoms with Crippen molar-refractivity contribution in [1.29, 1.82) is 0 Å². The second-order valence-electron chi connectivity index (χ2n) is 5.56. The molecule has 0 aliphatic heterocycles. The van der Waals surface area contributed by atoms with E-state index in [1.54, 1.807) is 13.8 Å². The minimum absolute atomic E-state index is 0. The van der Waals surface area contributed by atoms with E-state index in [-0.39, 0.29) is 29.3 Å². The summed E-state index contributed by atoms with van der Waals surface area (Å²) in [5.74, 6) is 1.37. The van der Waals surface area contributed by atoms with Gasteiger partial charge in [0.2, 0.25) is 0 Å².